The third-order valence-corrected chi connectivity index (χ3v) is 11.1. The first-order valence-corrected chi connectivity index (χ1v) is 20.7. The van der Waals surface area contributed by atoms with E-state index in [1.807, 2.05) is 45.2 Å². The van der Waals surface area contributed by atoms with Crippen LogP contribution in [0, 0.1) is 26.3 Å². The summed E-state index contributed by atoms with van der Waals surface area (Å²) >= 11 is 0. The molecule has 336 valence electrons. The van der Waals surface area contributed by atoms with Gasteiger partial charge in [0.05, 0.1) is 16.8 Å². The van der Waals surface area contributed by atoms with Crippen molar-refractivity contribution in [3.8, 4) is 11.1 Å². The van der Waals surface area contributed by atoms with E-state index in [0.717, 1.165) is 70.7 Å². The Kier molecular flexibility index (Phi) is 14.1. The molecule has 14 heteroatoms. The number of nitrogens with zero attached hydrogens (tertiary/aromatic N) is 6. The number of nitrogens with one attached hydrogen (secondary N) is 1. The molecule has 0 aliphatic carbocycles. The van der Waals surface area contributed by atoms with E-state index in [1.54, 1.807) is 0 Å². The fraction of sp³-hybridized carbons (Fsp3) is 0.280. The van der Waals surface area contributed by atoms with Crippen molar-refractivity contribution < 1.29 is 47.4 Å². The summed E-state index contributed by atoms with van der Waals surface area (Å²) in [7, 11) is 4.09. The Labute approximate surface area is 385 Å². The van der Waals surface area contributed by atoms with Gasteiger partial charge in [-0.05, 0) is 108 Å². The van der Waals surface area contributed by atoms with Crippen LogP contribution in [0.3, 0.4) is 0 Å². The first kappa shape index (κ1) is 47.9. The van der Waals surface area contributed by atoms with Gasteiger partial charge in [0.25, 0.3) is 0 Å². The number of fused-ring (bicyclic) bond motifs is 4. The molecule has 1 aliphatic rings. The second-order valence-corrected chi connectivity index (χ2v) is 16.7. The Bertz CT molecular complexity index is 2660. The molecular formula is C50H49F6N7Pt. The third kappa shape index (κ3) is 10.0. The summed E-state index contributed by atoms with van der Waals surface area (Å²) in [5.74, 6) is 2.11. The quantitative estimate of drug-likeness (QED) is 0.114. The molecule has 0 saturated carbocycles. The molecule has 64 heavy (non-hydrogen) atoms. The van der Waals surface area contributed by atoms with Crippen molar-refractivity contribution >= 4 is 50.4 Å². The summed E-state index contributed by atoms with van der Waals surface area (Å²) in [6.07, 6.45) is -5.44. The van der Waals surface area contributed by atoms with Gasteiger partial charge in [0.1, 0.15) is 5.82 Å². The van der Waals surface area contributed by atoms with Crippen LogP contribution in [0.4, 0.5) is 54.9 Å². The van der Waals surface area contributed by atoms with E-state index in [-0.39, 0.29) is 42.9 Å². The molecule has 0 fully saturated rings. The normalized spacial score (nSPS) is 12.8. The van der Waals surface area contributed by atoms with E-state index in [1.165, 1.54) is 27.8 Å². The summed E-state index contributed by atoms with van der Waals surface area (Å²) in [6, 6.07) is 26.8. The number of aromatic nitrogens is 3. The largest absolute Gasteiger partial charge is 4.00 e. The van der Waals surface area contributed by atoms with Crippen molar-refractivity contribution in [1.82, 2.24) is 15.0 Å². The minimum Gasteiger partial charge on any atom is -0.657 e. The molecule has 7 nitrogen and oxygen atoms in total. The van der Waals surface area contributed by atoms with E-state index in [2.05, 4.69) is 128 Å². The summed E-state index contributed by atoms with van der Waals surface area (Å²) in [5, 5.41) is 3.67. The van der Waals surface area contributed by atoms with E-state index in [9.17, 15) is 26.3 Å². The number of hydrogen-bond acceptors (Lipinski definition) is 6. The third-order valence-electron chi connectivity index (χ3n) is 11.1. The number of pyridine rings is 2. The van der Waals surface area contributed by atoms with Crippen LogP contribution in [0.2, 0.25) is 0 Å². The first-order valence-electron chi connectivity index (χ1n) is 20.7. The van der Waals surface area contributed by atoms with Crippen LogP contribution in [-0.4, -0.2) is 24.1 Å². The van der Waals surface area contributed by atoms with Gasteiger partial charge in [-0.15, -0.1) is 46.2 Å². The average molecular weight is 1060 g/mol. The van der Waals surface area contributed by atoms with Gasteiger partial charge >= 0.3 is 33.4 Å². The zero-order chi connectivity index (χ0) is 45.5. The van der Waals surface area contributed by atoms with Gasteiger partial charge in [-0.3, -0.25) is 4.98 Å². The smallest absolute Gasteiger partial charge is 0.657 e. The molecule has 0 radical (unpaired) electrons. The molecule has 1 N–H and O–H groups in total. The van der Waals surface area contributed by atoms with Crippen LogP contribution >= 0.6 is 0 Å². The number of anilines is 5. The molecule has 8 rings (SSSR count). The molecule has 0 bridgehead atoms. The van der Waals surface area contributed by atoms with Gasteiger partial charge in [0.2, 0.25) is 0 Å². The topological polar surface area (TPSA) is 61.6 Å². The Hall–Kier alpha value is -5.55. The molecule has 0 spiro atoms. The molecule has 1 aliphatic heterocycles. The van der Waals surface area contributed by atoms with Gasteiger partial charge in [-0.2, -0.15) is 39.7 Å². The average Bonchev–Trinajstić information content (AvgIpc) is 3.78. The van der Waals surface area contributed by atoms with Crippen LogP contribution in [0.5, 0.6) is 0 Å². The van der Waals surface area contributed by atoms with Crippen LogP contribution in [0.15, 0.2) is 97.3 Å². The van der Waals surface area contributed by atoms with Gasteiger partial charge in [0, 0.05) is 23.8 Å². The predicted octanol–water partition coefficient (Wildman–Crippen LogP) is 14.0. The fourth-order valence-electron chi connectivity index (χ4n) is 7.78. The van der Waals surface area contributed by atoms with Gasteiger partial charge < -0.3 is 25.0 Å². The van der Waals surface area contributed by atoms with E-state index in [4.69, 9.17) is 4.98 Å². The van der Waals surface area contributed by atoms with Crippen molar-refractivity contribution in [3.63, 3.8) is 0 Å². The zero-order valence-corrected chi connectivity index (χ0v) is 39.2. The van der Waals surface area contributed by atoms with Crippen LogP contribution in [-0.2, 0) is 33.4 Å². The molecule has 3 aromatic heterocycles. The Morgan fingerprint density at radius 1 is 0.750 bits per heavy atom. The number of benzene rings is 4. The molecule has 4 heterocycles. The first-order chi connectivity index (χ1) is 29.7. The van der Waals surface area contributed by atoms with Crippen molar-refractivity contribution in [3.05, 3.63) is 150 Å². The standard InChI is InChI=1S/C36H43N6.C14H6F6N.Pt/c1-23(2)27-18-31(24(3)4)35(32(19-27)25(5)6)28-16-29(39-21-40(8)33-12-10-14-37-26(33)7)20-30(17-28)42-22-41(9)34-13-11-15-38-36(34)42;15-13(16,17)7-1-3-11-9(5-7)10-6-8(14(18,19)20)2-4-12(10)21-11;/h10-19,21-25,39H,1-9H3;1-6H;/q-3;-1;+4. The van der Waals surface area contributed by atoms with Gasteiger partial charge in [-0.25, -0.2) is 4.98 Å². The minimum atomic E-state index is -4.56. The molecule has 0 atom stereocenters. The number of halogens is 6. The van der Waals surface area contributed by atoms with Crippen molar-refractivity contribution in [1.29, 1.82) is 0 Å². The second kappa shape index (κ2) is 18.9. The van der Waals surface area contributed by atoms with Crippen molar-refractivity contribution in [2.75, 3.05) is 34.1 Å². The summed E-state index contributed by atoms with van der Waals surface area (Å²) in [5.41, 5.74) is 10.2. The minimum absolute atomic E-state index is 0. The molecule has 0 amide bonds. The van der Waals surface area contributed by atoms with Crippen LogP contribution in [0.25, 0.3) is 32.9 Å². The molecule has 0 unspecified atom stereocenters. The Morgan fingerprint density at radius 2 is 1.31 bits per heavy atom. The van der Waals surface area contributed by atoms with E-state index in [0.29, 0.717) is 17.8 Å². The molecule has 7 aromatic rings. The maximum atomic E-state index is 12.7. The van der Waals surface area contributed by atoms with Gasteiger partial charge in [-0.1, -0.05) is 77.9 Å². The monoisotopic (exact) mass is 1060 g/mol. The van der Waals surface area contributed by atoms with Crippen LogP contribution in [0.1, 0.15) is 92.8 Å². The summed E-state index contributed by atoms with van der Waals surface area (Å²) in [6.45, 7) is 19.8. The number of aryl methyl sites for hydroxylation is 1. The maximum absolute atomic E-state index is 12.7. The fourth-order valence-corrected chi connectivity index (χ4v) is 7.78. The van der Waals surface area contributed by atoms with Gasteiger partial charge in [0.15, 0.2) is 0 Å². The zero-order valence-electron chi connectivity index (χ0n) is 36.9. The predicted molar refractivity (Wildman–Crippen MR) is 242 cm³/mol. The second-order valence-electron chi connectivity index (χ2n) is 16.7. The molecule has 4 aromatic carbocycles. The maximum Gasteiger partial charge on any atom is 4.00 e. The molecular weight excluding hydrogens is 1010 g/mol. The summed E-state index contributed by atoms with van der Waals surface area (Å²) < 4.78 is 76.1. The van der Waals surface area contributed by atoms with Crippen molar-refractivity contribution in [2.45, 2.75) is 78.6 Å². The number of alkyl halides is 6. The number of rotatable bonds is 9. The van der Waals surface area contributed by atoms with Crippen molar-refractivity contribution in [2.24, 2.45) is 0 Å². The Balaban J connectivity index is 0.000000259. The number of hydrogen-bond donors (Lipinski definition) is 1. The van der Waals surface area contributed by atoms with Crippen LogP contribution < -0.4 is 25.0 Å². The Morgan fingerprint density at radius 3 is 1.84 bits per heavy atom. The molecule has 0 saturated heterocycles. The van der Waals surface area contributed by atoms with E-state index >= 15 is 0 Å². The summed E-state index contributed by atoms with van der Waals surface area (Å²) in [4.78, 5) is 19.5. The SMILES string of the molecule is Cc1ncccc1N(C)[CH-]Nc1[c-]c(N2[CH-]N(C)c3cccnc32)cc(-c2c(C(C)C)cc(C(C)C)cc2C(C)C)c1.FC(F)(F)c1ccc2[n-]c3ccc(C(F)(F)F)cc3c2c1.[Pt+4]. The van der Waals surface area contributed by atoms with E-state index < -0.39 is 23.5 Å².